The Hall–Kier alpha value is -2.16. The normalized spacial score (nSPS) is 10.9. The molecule has 0 aliphatic carbocycles. The third-order valence-corrected chi connectivity index (χ3v) is 2.05. The molecule has 4 N–H and O–H groups in total. The summed E-state index contributed by atoms with van der Waals surface area (Å²) in [5.74, 6) is -6.43. The van der Waals surface area contributed by atoms with Crippen molar-refractivity contribution in [3.05, 3.63) is 0 Å². The smallest absolute Gasteiger partial charge is 0.347 e. The Bertz CT molecular complexity index is 345. The number of hydrogen-bond donors (Lipinski definition) is 4. The van der Waals surface area contributed by atoms with Gasteiger partial charge >= 0.3 is 23.9 Å². The fraction of sp³-hybridized carbons (Fsp3) is 0.556. The van der Waals surface area contributed by atoms with E-state index in [9.17, 15) is 19.2 Å². The molecule has 0 saturated heterocycles. The van der Waals surface area contributed by atoms with Crippen LogP contribution in [0.15, 0.2) is 0 Å². The molecule has 0 fully saturated rings. The zero-order chi connectivity index (χ0) is 14.3. The number of hydrogen-bond acceptors (Lipinski definition) is 5. The summed E-state index contributed by atoms with van der Waals surface area (Å²) in [6, 6.07) is 0. The maximum atomic E-state index is 10.9. The first kappa shape index (κ1) is 15.8. The summed E-state index contributed by atoms with van der Waals surface area (Å²) in [7, 11) is 0. The van der Waals surface area contributed by atoms with Crippen LogP contribution in [0, 0.1) is 0 Å². The van der Waals surface area contributed by atoms with Gasteiger partial charge in [-0.15, -0.1) is 0 Å². The number of carbonyl (C=O) groups is 4. The highest BCUT2D eigenvalue weighted by molar-refractivity contribution is 6.02. The van der Waals surface area contributed by atoms with Crippen molar-refractivity contribution in [1.29, 1.82) is 0 Å². The second kappa shape index (κ2) is 6.55. The molecule has 9 nitrogen and oxygen atoms in total. The molecule has 0 rings (SSSR count). The van der Waals surface area contributed by atoms with Gasteiger partial charge in [0.05, 0.1) is 13.0 Å². The van der Waals surface area contributed by atoms with E-state index < -0.39 is 55.3 Å². The van der Waals surface area contributed by atoms with E-state index in [1.54, 1.807) is 0 Å². The molecule has 0 radical (unpaired) electrons. The van der Waals surface area contributed by atoms with Crippen LogP contribution < -0.4 is 0 Å². The number of ether oxygens (including phenoxy) is 1. The van der Waals surface area contributed by atoms with Crippen molar-refractivity contribution in [3.8, 4) is 0 Å². The Morgan fingerprint density at radius 1 is 0.833 bits per heavy atom. The van der Waals surface area contributed by atoms with Crippen LogP contribution in [0.5, 0.6) is 0 Å². The maximum absolute atomic E-state index is 10.9. The molecule has 9 heteroatoms. The van der Waals surface area contributed by atoms with Crippen molar-refractivity contribution in [3.63, 3.8) is 0 Å². The number of aliphatic carboxylic acids is 4. The molecule has 0 atom stereocenters. The molecule has 0 unspecified atom stereocenters. The van der Waals surface area contributed by atoms with Gasteiger partial charge in [-0.1, -0.05) is 0 Å². The average molecular weight is 264 g/mol. The van der Waals surface area contributed by atoms with Crippen LogP contribution in [0.4, 0.5) is 0 Å². The van der Waals surface area contributed by atoms with Gasteiger partial charge in [-0.05, 0) is 0 Å². The Labute approximate surface area is 101 Å². The summed E-state index contributed by atoms with van der Waals surface area (Å²) in [5, 5.41) is 34.4. The second-order valence-corrected chi connectivity index (χ2v) is 3.32. The topological polar surface area (TPSA) is 158 Å². The van der Waals surface area contributed by atoms with Crippen LogP contribution in [0.1, 0.15) is 19.3 Å². The summed E-state index contributed by atoms with van der Waals surface area (Å²) in [6.45, 7) is -0.645. The van der Waals surface area contributed by atoms with Gasteiger partial charge in [-0.25, -0.2) is 9.59 Å². The number of carboxylic acid groups (broad SMARTS) is 4. The zero-order valence-corrected chi connectivity index (χ0v) is 9.16. The molecule has 18 heavy (non-hydrogen) atoms. The molecule has 0 saturated carbocycles. The van der Waals surface area contributed by atoms with E-state index in [1.807, 2.05) is 0 Å². The molecule has 102 valence electrons. The number of rotatable bonds is 9. The highest BCUT2D eigenvalue weighted by Gasteiger charge is 2.48. The first-order valence-electron chi connectivity index (χ1n) is 4.76. The largest absolute Gasteiger partial charge is 0.481 e. The summed E-state index contributed by atoms with van der Waals surface area (Å²) in [5.41, 5.74) is -2.74. The quantitative estimate of drug-likeness (QED) is 0.393. The summed E-state index contributed by atoms with van der Waals surface area (Å²) in [6.07, 6.45) is -2.12. The van der Waals surface area contributed by atoms with Crippen molar-refractivity contribution in [2.75, 3.05) is 6.61 Å². The molecule has 0 spiro atoms. The van der Waals surface area contributed by atoms with E-state index in [-0.39, 0.29) is 0 Å². The van der Waals surface area contributed by atoms with Crippen LogP contribution in [0.2, 0.25) is 0 Å². The molecular weight excluding hydrogens is 252 g/mol. The Morgan fingerprint density at radius 3 is 1.61 bits per heavy atom. The molecule has 0 bridgehead atoms. The van der Waals surface area contributed by atoms with Gasteiger partial charge in [0.25, 0.3) is 5.60 Å². The fourth-order valence-electron chi connectivity index (χ4n) is 1.10. The van der Waals surface area contributed by atoms with Gasteiger partial charge in [0.2, 0.25) is 0 Å². The average Bonchev–Trinajstić information content (AvgIpc) is 2.21. The standard InChI is InChI=1S/C9H12O9/c10-5(11)1-3-9(7(14)15,8(16)17)18-4-2-6(12)13/h1-4H2,(H,10,11)(H,12,13)(H,14,15)(H,16,17). The van der Waals surface area contributed by atoms with Crippen LogP contribution in [0.3, 0.4) is 0 Å². The molecule has 0 aromatic carbocycles. The van der Waals surface area contributed by atoms with Gasteiger partial charge in [-0.2, -0.15) is 0 Å². The Balaban J connectivity index is 4.86. The lowest BCUT2D eigenvalue weighted by atomic mass is 9.97. The van der Waals surface area contributed by atoms with Gasteiger partial charge in [0.1, 0.15) is 0 Å². The first-order valence-corrected chi connectivity index (χ1v) is 4.76. The van der Waals surface area contributed by atoms with Crippen molar-refractivity contribution in [1.82, 2.24) is 0 Å². The monoisotopic (exact) mass is 264 g/mol. The van der Waals surface area contributed by atoms with Crippen molar-refractivity contribution in [2.45, 2.75) is 24.9 Å². The lowest BCUT2D eigenvalue weighted by molar-refractivity contribution is -0.186. The molecular formula is C9H12O9. The third-order valence-electron chi connectivity index (χ3n) is 2.05. The summed E-state index contributed by atoms with van der Waals surface area (Å²) >= 11 is 0. The highest BCUT2D eigenvalue weighted by atomic mass is 16.6. The van der Waals surface area contributed by atoms with E-state index in [0.717, 1.165) is 0 Å². The van der Waals surface area contributed by atoms with Crippen molar-refractivity contribution < 1.29 is 44.3 Å². The Morgan fingerprint density at radius 2 is 1.28 bits per heavy atom. The second-order valence-electron chi connectivity index (χ2n) is 3.32. The van der Waals surface area contributed by atoms with Crippen LogP contribution >= 0.6 is 0 Å². The van der Waals surface area contributed by atoms with E-state index >= 15 is 0 Å². The summed E-state index contributed by atoms with van der Waals surface area (Å²) in [4.78, 5) is 42.4. The first-order chi connectivity index (χ1) is 8.22. The van der Waals surface area contributed by atoms with Gasteiger partial charge in [0, 0.05) is 12.8 Å². The van der Waals surface area contributed by atoms with E-state index in [4.69, 9.17) is 20.4 Å². The van der Waals surface area contributed by atoms with Crippen molar-refractivity contribution >= 4 is 23.9 Å². The molecule has 0 aromatic rings. The number of carboxylic acids is 4. The molecule has 0 aliphatic rings. The van der Waals surface area contributed by atoms with Crippen molar-refractivity contribution in [2.24, 2.45) is 0 Å². The minimum Gasteiger partial charge on any atom is -0.481 e. The molecule has 0 amide bonds. The van der Waals surface area contributed by atoms with Crippen LogP contribution in [-0.2, 0) is 23.9 Å². The maximum Gasteiger partial charge on any atom is 0.347 e. The van der Waals surface area contributed by atoms with Gasteiger partial charge in [0.15, 0.2) is 0 Å². The minimum atomic E-state index is -2.74. The minimum absolute atomic E-state index is 0.588. The van der Waals surface area contributed by atoms with Gasteiger partial charge in [-0.3, -0.25) is 9.59 Å². The lowest BCUT2D eigenvalue weighted by Gasteiger charge is -2.24. The predicted octanol–water partition coefficient (Wildman–Crippen LogP) is -0.749. The molecule has 0 aromatic heterocycles. The lowest BCUT2D eigenvalue weighted by Crippen LogP contribution is -2.49. The van der Waals surface area contributed by atoms with E-state index in [2.05, 4.69) is 4.74 Å². The molecule has 0 aliphatic heterocycles. The van der Waals surface area contributed by atoms with E-state index in [1.165, 1.54) is 0 Å². The summed E-state index contributed by atoms with van der Waals surface area (Å²) < 4.78 is 4.57. The van der Waals surface area contributed by atoms with Gasteiger partial charge < -0.3 is 25.2 Å². The SMILES string of the molecule is O=C(O)CCOC(CCC(=O)O)(C(=O)O)C(=O)O. The van der Waals surface area contributed by atoms with E-state index in [0.29, 0.717) is 0 Å². The fourth-order valence-corrected chi connectivity index (χ4v) is 1.10. The Kier molecular flexibility index (Phi) is 5.76. The van der Waals surface area contributed by atoms with Crippen LogP contribution in [-0.4, -0.2) is 56.5 Å². The zero-order valence-electron chi connectivity index (χ0n) is 9.16. The third kappa shape index (κ3) is 4.37. The molecule has 0 heterocycles. The van der Waals surface area contributed by atoms with Crippen LogP contribution in [0.25, 0.3) is 0 Å². The predicted molar refractivity (Wildman–Crippen MR) is 53.1 cm³/mol. The highest BCUT2D eigenvalue weighted by Crippen LogP contribution is 2.20.